The number of rotatable bonds is 6. The third kappa shape index (κ3) is 3.04. The van der Waals surface area contributed by atoms with Gasteiger partial charge in [0.05, 0.1) is 18.6 Å². The second-order valence-electron chi connectivity index (χ2n) is 8.47. The van der Waals surface area contributed by atoms with E-state index in [1.54, 1.807) is 7.11 Å². The number of hydrogen-bond acceptors (Lipinski definition) is 4. The van der Waals surface area contributed by atoms with Crippen molar-refractivity contribution < 1.29 is 19.1 Å². The van der Waals surface area contributed by atoms with Crippen LogP contribution in [-0.2, 0) is 24.5 Å². The lowest BCUT2D eigenvalue weighted by atomic mass is 9.73. The van der Waals surface area contributed by atoms with Gasteiger partial charge in [-0.25, -0.2) is 0 Å². The summed E-state index contributed by atoms with van der Waals surface area (Å²) in [4.78, 5) is 42.7. The monoisotopic (exact) mass is 384 g/mol. The van der Waals surface area contributed by atoms with Crippen LogP contribution in [0.4, 0.5) is 0 Å². The van der Waals surface area contributed by atoms with Crippen molar-refractivity contribution in [1.29, 1.82) is 0 Å². The second kappa shape index (κ2) is 7.32. The number of imide groups is 1. The van der Waals surface area contributed by atoms with Gasteiger partial charge in [-0.3, -0.25) is 19.3 Å². The summed E-state index contributed by atoms with van der Waals surface area (Å²) >= 11 is 0. The zero-order valence-corrected chi connectivity index (χ0v) is 16.6. The molecule has 2 aliphatic heterocycles. The maximum Gasteiger partial charge on any atom is 0.240 e. The summed E-state index contributed by atoms with van der Waals surface area (Å²) in [6.07, 6.45) is 3.44. The van der Waals surface area contributed by atoms with Crippen molar-refractivity contribution >= 4 is 17.7 Å². The van der Waals surface area contributed by atoms with E-state index >= 15 is 0 Å². The molecule has 1 aliphatic carbocycles. The van der Waals surface area contributed by atoms with Crippen LogP contribution < -0.4 is 0 Å². The van der Waals surface area contributed by atoms with E-state index in [9.17, 15) is 14.4 Å². The van der Waals surface area contributed by atoms with E-state index in [0.29, 0.717) is 18.6 Å². The second-order valence-corrected chi connectivity index (χ2v) is 8.47. The Kier molecular flexibility index (Phi) is 5.00. The van der Waals surface area contributed by atoms with E-state index in [0.717, 1.165) is 30.5 Å². The van der Waals surface area contributed by atoms with Crippen molar-refractivity contribution in [3.05, 3.63) is 35.4 Å². The minimum absolute atomic E-state index is 0.00481. The highest BCUT2D eigenvalue weighted by Crippen LogP contribution is 2.44. The van der Waals surface area contributed by atoms with Crippen molar-refractivity contribution in [2.75, 3.05) is 26.8 Å². The maximum absolute atomic E-state index is 13.5. The van der Waals surface area contributed by atoms with Crippen molar-refractivity contribution in [2.45, 2.75) is 50.5 Å². The predicted octanol–water partition coefficient (Wildman–Crippen LogP) is 2.04. The fourth-order valence-electron chi connectivity index (χ4n) is 5.35. The van der Waals surface area contributed by atoms with Gasteiger partial charge in [-0.15, -0.1) is 0 Å². The Balaban J connectivity index is 1.67. The molecule has 2 bridgehead atoms. The fourth-order valence-corrected chi connectivity index (χ4v) is 5.35. The Bertz CT molecular complexity index is 807. The molecule has 3 fully saturated rings. The summed E-state index contributed by atoms with van der Waals surface area (Å²) in [7, 11) is 1.55. The minimum Gasteiger partial charge on any atom is -0.383 e. The lowest BCUT2D eigenvalue weighted by Crippen LogP contribution is -2.46. The van der Waals surface area contributed by atoms with Gasteiger partial charge in [0.25, 0.3) is 0 Å². The first-order valence-electron chi connectivity index (χ1n) is 10.2. The first-order valence-corrected chi connectivity index (χ1v) is 10.2. The van der Waals surface area contributed by atoms with Gasteiger partial charge in [-0.1, -0.05) is 24.3 Å². The molecule has 6 heteroatoms. The van der Waals surface area contributed by atoms with Crippen molar-refractivity contribution in [3.8, 4) is 0 Å². The molecular weight excluding hydrogens is 356 g/mol. The number of piperidine rings is 1. The molecule has 2 heterocycles. The molecule has 3 amide bonds. The molecule has 2 saturated heterocycles. The lowest BCUT2D eigenvalue weighted by Gasteiger charge is -2.33. The molecule has 1 saturated carbocycles. The van der Waals surface area contributed by atoms with Crippen molar-refractivity contribution in [3.63, 3.8) is 0 Å². The van der Waals surface area contributed by atoms with Gasteiger partial charge in [-0.05, 0) is 43.2 Å². The Labute approximate surface area is 165 Å². The van der Waals surface area contributed by atoms with Gasteiger partial charge in [-0.2, -0.15) is 0 Å². The number of amides is 3. The number of ether oxygens (including phenoxy) is 1. The highest BCUT2D eigenvalue weighted by Gasteiger charge is 2.55. The molecule has 0 aromatic heterocycles. The molecule has 3 aliphatic rings. The summed E-state index contributed by atoms with van der Waals surface area (Å²) in [5, 5.41) is 0. The third-order valence-corrected chi connectivity index (χ3v) is 6.77. The van der Waals surface area contributed by atoms with Gasteiger partial charge in [0, 0.05) is 32.5 Å². The number of fused-ring (bicyclic) bond motifs is 2. The lowest BCUT2D eigenvalue weighted by molar-refractivity contribution is -0.143. The smallest absolute Gasteiger partial charge is 0.240 e. The Hall–Kier alpha value is -2.21. The number of carbonyl (C=O) groups is 3. The van der Waals surface area contributed by atoms with Crippen molar-refractivity contribution in [2.24, 2.45) is 5.92 Å². The van der Waals surface area contributed by atoms with Gasteiger partial charge in [0.1, 0.15) is 0 Å². The molecule has 0 spiro atoms. The largest absolute Gasteiger partial charge is 0.383 e. The molecule has 0 radical (unpaired) electrons. The highest BCUT2D eigenvalue weighted by atomic mass is 16.5. The minimum atomic E-state index is -1.10. The number of likely N-dealkylation sites (tertiary alicyclic amines) is 2. The molecule has 1 aromatic carbocycles. The van der Waals surface area contributed by atoms with E-state index in [1.807, 2.05) is 36.1 Å². The zero-order valence-electron chi connectivity index (χ0n) is 16.6. The van der Waals surface area contributed by atoms with E-state index in [4.69, 9.17) is 4.74 Å². The Morgan fingerprint density at radius 1 is 1.25 bits per heavy atom. The van der Waals surface area contributed by atoms with E-state index in [-0.39, 0.29) is 37.1 Å². The first-order chi connectivity index (χ1) is 13.5. The predicted molar refractivity (Wildman–Crippen MR) is 104 cm³/mol. The Morgan fingerprint density at radius 2 is 2.04 bits per heavy atom. The van der Waals surface area contributed by atoms with Gasteiger partial charge in [0.15, 0.2) is 0 Å². The van der Waals surface area contributed by atoms with Crippen LogP contribution in [0, 0.1) is 12.8 Å². The van der Waals surface area contributed by atoms with Gasteiger partial charge < -0.3 is 9.64 Å². The van der Waals surface area contributed by atoms with Crippen LogP contribution in [0.15, 0.2) is 24.3 Å². The SMILES string of the molecule is COCCN1C(=O)CC(CC(=O)N2CC3CCC2C3)(c2ccccc2C)C1=O. The number of aryl methyl sites for hydroxylation is 1. The highest BCUT2D eigenvalue weighted by molar-refractivity contribution is 6.11. The van der Waals surface area contributed by atoms with Crippen LogP contribution in [-0.4, -0.2) is 60.4 Å². The van der Waals surface area contributed by atoms with E-state index in [2.05, 4.69) is 0 Å². The van der Waals surface area contributed by atoms with E-state index in [1.165, 1.54) is 11.3 Å². The fraction of sp³-hybridized carbons (Fsp3) is 0.591. The van der Waals surface area contributed by atoms with Gasteiger partial charge in [0.2, 0.25) is 17.7 Å². The molecule has 28 heavy (non-hydrogen) atoms. The van der Waals surface area contributed by atoms with Gasteiger partial charge >= 0.3 is 0 Å². The summed E-state index contributed by atoms with van der Waals surface area (Å²) < 4.78 is 5.07. The van der Waals surface area contributed by atoms with Crippen LogP contribution >= 0.6 is 0 Å². The van der Waals surface area contributed by atoms with Crippen LogP contribution in [0.1, 0.15) is 43.2 Å². The Morgan fingerprint density at radius 3 is 2.68 bits per heavy atom. The number of nitrogens with zero attached hydrogens (tertiary/aromatic N) is 2. The molecular formula is C22H28N2O4. The summed E-state index contributed by atoms with van der Waals surface area (Å²) in [5.41, 5.74) is 0.633. The quantitative estimate of drug-likeness (QED) is 0.704. The molecule has 6 nitrogen and oxygen atoms in total. The molecule has 4 rings (SSSR count). The number of carbonyl (C=O) groups excluding carboxylic acids is 3. The first kappa shape index (κ1) is 19.1. The molecule has 3 unspecified atom stereocenters. The number of methoxy groups -OCH3 is 1. The van der Waals surface area contributed by atoms with Crippen LogP contribution in [0.3, 0.4) is 0 Å². The topological polar surface area (TPSA) is 66.9 Å². The van der Waals surface area contributed by atoms with Crippen molar-refractivity contribution in [1.82, 2.24) is 9.80 Å². The molecule has 150 valence electrons. The molecule has 0 N–H and O–H groups in total. The third-order valence-electron chi connectivity index (χ3n) is 6.77. The van der Waals surface area contributed by atoms with Crippen LogP contribution in [0.2, 0.25) is 0 Å². The molecule has 3 atom stereocenters. The number of benzene rings is 1. The van der Waals surface area contributed by atoms with Crippen LogP contribution in [0.5, 0.6) is 0 Å². The summed E-state index contributed by atoms with van der Waals surface area (Å²) in [6, 6.07) is 7.93. The average molecular weight is 384 g/mol. The van der Waals surface area contributed by atoms with E-state index < -0.39 is 5.41 Å². The average Bonchev–Trinajstić information content (AvgIpc) is 3.36. The summed E-state index contributed by atoms with van der Waals surface area (Å²) in [5.74, 6) is 0.121. The zero-order chi connectivity index (χ0) is 19.9. The maximum atomic E-state index is 13.5. The molecule has 1 aromatic rings. The summed E-state index contributed by atoms with van der Waals surface area (Å²) in [6.45, 7) is 3.26. The van der Waals surface area contributed by atoms with Crippen LogP contribution in [0.25, 0.3) is 0 Å². The standard InChI is InChI=1S/C22H28N2O4/c1-15-5-3-4-6-18(15)22(12-19(25)23(21(22)27)9-10-28-2)13-20(26)24-14-16-7-8-17(24)11-16/h3-6,16-17H,7-14H2,1-2H3. The number of hydrogen-bond donors (Lipinski definition) is 0. The normalized spacial score (nSPS) is 29.2.